The second-order valence-corrected chi connectivity index (χ2v) is 5.53. The highest BCUT2D eigenvalue weighted by Crippen LogP contribution is 2.25. The van der Waals surface area contributed by atoms with Gasteiger partial charge in [-0.2, -0.15) is 0 Å². The van der Waals surface area contributed by atoms with Gasteiger partial charge in [0.1, 0.15) is 5.84 Å². The molecule has 0 fully saturated rings. The lowest BCUT2D eigenvalue weighted by Gasteiger charge is -2.20. The van der Waals surface area contributed by atoms with E-state index in [-0.39, 0.29) is 0 Å². The van der Waals surface area contributed by atoms with Gasteiger partial charge in [0.2, 0.25) is 0 Å². The molecule has 0 aliphatic carbocycles. The first-order valence-corrected chi connectivity index (χ1v) is 7.22. The summed E-state index contributed by atoms with van der Waals surface area (Å²) in [5.74, 6) is 1.22. The minimum atomic E-state index is 0.535. The van der Waals surface area contributed by atoms with Crippen LogP contribution in [0.25, 0.3) is 0 Å². The van der Waals surface area contributed by atoms with Gasteiger partial charge in [-0.1, -0.05) is 61.5 Å². The van der Waals surface area contributed by atoms with Crippen LogP contribution in [-0.4, -0.2) is 17.3 Å². The zero-order valence-electron chi connectivity index (χ0n) is 11.8. The van der Waals surface area contributed by atoms with Crippen molar-refractivity contribution >= 4 is 5.84 Å². The molecule has 20 heavy (non-hydrogen) atoms. The Morgan fingerprint density at radius 1 is 1.05 bits per heavy atom. The third-order valence-electron chi connectivity index (χ3n) is 4.15. The molecule has 2 aromatic carbocycles. The zero-order valence-corrected chi connectivity index (χ0v) is 11.8. The molecule has 0 bridgehead atoms. The number of rotatable bonds is 4. The van der Waals surface area contributed by atoms with Crippen LogP contribution < -0.4 is 0 Å². The summed E-state index contributed by atoms with van der Waals surface area (Å²) in [6.07, 6.45) is 1.08. The van der Waals surface area contributed by atoms with E-state index in [2.05, 4.69) is 60.4 Å². The van der Waals surface area contributed by atoms with E-state index < -0.39 is 0 Å². The van der Waals surface area contributed by atoms with Gasteiger partial charge in [-0.05, 0) is 23.5 Å². The number of nitrogens with one attached hydrogen (secondary N) is 1. The Balaban J connectivity index is 1.62. The van der Waals surface area contributed by atoms with Crippen LogP contribution in [0.15, 0.2) is 54.6 Å². The van der Waals surface area contributed by atoms with Crippen LogP contribution >= 0.6 is 0 Å². The average Bonchev–Trinajstić information content (AvgIpc) is 2.83. The van der Waals surface area contributed by atoms with Crippen molar-refractivity contribution in [3.8, 4) is 0 Å². The van der Waals surface area contributed by atoms with Gasteiger partial charge in [0.25, 0.3) is 0 Å². The molecule has 2 aromatic rings. The fourth-order valence-electron chi connectivity index (χ4n) is 2.83. The number of amidine groups is 1. The molecule has 1 unspecified atom stereocenters. The van der Waals surface area contributed by atoms with Crippen molar-refractivity contribution in [2.24, 2.45) is 0 Å². The summed E-state index contributed by atoms with van der Waals surface area (Å²) in [5, 5.41) is 8.26. The predicted octanol–water partition coefficient (Wildman–Crippen LogP) is 4.02. The number of hydrogen-bond donors (Lipinski definition) is 1. The standard InChI is InChI=1S/C18H20N2/c1-14(15-7-3-2-4-8-15)11-12-20-13-16-9-5-6-10-17(16)18(20)19/h2-10,14,19H,11-13H2,1H3. The lowest BCUT2D eigenvalue weighted by Crippen LogP contribution is -2.25. The Morgan fingerprint density at radius 3 is 2.50 bits per heavy atom. The molecule has 2 heteroatoms. The SMILES string of the molecule is CC(CCN1Cc2ccccc2C1=N)c1ccccc1. The Labute approximate surface area is 120 Å². The molecule has 0 aromatic heterocycles. The molecule has 0 saturated heterocycles. The van der Waals surface area contributed by atoms with Gasteiger partial charge >= 0.3 is 0 Å². The molecule has 0 spiro atoms. The van der Waals surface area contributed by atoms with E-state index in [0.717, 1.165) is 25.1 Å². The second kappa shape index (κ2) is 5.49. The highest BCUT2D eigenvalue weighted by atomic mass is 15.2. The van der Waals surface area contributed by atoms with Crippen molar-refractivity contribution in [1.29, 1.82) is 5.41 Å². The Hall–Kier alpha value is -2.09. The van der Waals surface area contributed by atoms with Crippen molar-refractivity contribution in [3.05, 3.63) is 71.3 Å². The first-order chi connectivity index (χ1) is 9.75. The predicted molar refractivity (Wildman–Crippen MR) is 83.2 cm³/mol. The maximum atomic E-state index is 8.26. The number of benzene rings is 2. The molecule has 0 amide bonds. The van der Waals surface area contributed by atoms with E-state index in [0.29, 0.717) is 11.8 Å². The normalized spacial score (nSPS) is 15.2. The molecule has 0 saturated carbocycles. The lowest BCUT2D eigenvalue weighted by atomic mass is 9.98. The molecular weight excluding hydrogens is 244 g/mol. The van der Waals surface area contributed by atoms with Gasteiger partial charge in [-0.25, -0.2) is 0 Å². The van der Waals surface area contributed by atoms with Crippen LogP contribution in [0.2, 0.25) is 0 Å². The highest BCUT2D eigenvalue weighted by Gasteiger charge is 2.23. The van der Waals surface area contributed by atoms with Crippen LogP contribution in [0.5, 0.6) is 0 Å². The molecule has 1 heterocycles. The highest BCUT2D eigenvalue weighted by molar-refractivity contribution is 6.00. The number of hydrogen-bond acceptors (Lipinski definition) is 1. The first kappa shape index (κ1) is 12.9. The average molecular weight is 264 g/mol. The molecule has 1 atom stereocenters. The van der Waals surface area contributed by atoms with Crippen LogP contribution in [0.1, 0.15) is 36.0 Å². The van der Waals surface area contributed by atoms with Crippen LogP contribution in [0, 0.1) is 5.41 Å². The number of nitrogens with zero attached hydrogens (tertiary/aromatic N) is 1. The minimum Gasteiger partial charge on any atom is -0.352 e. The summed E-state index contributed by atoms with van der Waals surface area (Å²) in [7, 11) is 0. The van der Waals surface area contributed by atoms with Crippen molar-refractivity contribution in [2.45, 2.75) is 25.8 Å². The van der Waals surface area contributed by atoms with Gasteiger partial charge in [0, 0.05) is 18.7 Å². The van der Waals surface area contributed by atoms with E-state index in [1.807, 2.05) is 6.07 Å². The Bertz CT molecular complexity index is 604. The third kappa shape index (κ3) is 2.46. The van der Waals surface area contributed by atoms with Gasteiger partial charge in [-0.15, -0.1) is 0 Å². The summed E-state index contributed by atoms with van der Waals surface area (Å²) >= 11 is 0. The zero-order chi connectivity index (χ0) is 13.9. The summed E-state index contributed by atoms with van der Waals surface area (Å²) in [4.78, 5) is 2.18. The van der Waals surface area contributed by atoms with Crippen LogP contribution in [0.4, 0.5) is 0 Å². The molecule has 2 nitrogen and oxygen atoms in total. The molecule has 0 radical (unpaired) electrons. The van der Waals surface area contributed by atoms with Gasteiger partial charge in [0.15, 0.2) is 0 Å². The quantitative estimate of drug-likeness (QED) is 0.887. The maximum Gasteiger partial charge on any atom is 0.128 e. The van der Waals surface area contributed by atoms with Gasteiger partial charge < -0.3 is 4.90 Å². The number of fused-ring (bicyclic) bond motifs is 1. The molecule has 1 aliphatic heterocycles. The lowest BCUT2D eigenvalue weighted by molar-refractivity contribution is 0.403. The van der Waals surface area contributed by atoms with Gasteiger partial charge in [0.05, 0.1) is 0 Å². The maximum absolute atomic E-state index is 8.26. The summed E-state index contributed by atoms with van der Waals surface area (Å²) in [6.45, 7) is 4.10. The molecule has 1 aliphatic rings. The van der Waals surface area contributed by atoms with Crippen LogP contribution in [0.3, 0.4) is 0 Å². The monoisotopic (exact) mass is 264 g/mol. The molecular formula is C18H20N2. The Kier molecular flexibility index (Phi) is 3.55. The summed E-state index contributed by atoms with van der Waals surface area (Å²) < 4.78 is 0. The van der Waals surface area contributed by atoms with Crippen molar-refractivity contribution in [3.63, 3.8) is 0 Å². The largest absolute Gasteiger partial charge is 0.352 e. The van der Waals surface area contributed by atoms with Crippen molar-refractivity contribution in [1.82, 2.24) is 4.90 Å². The van der Waals surface area contributed by atoms with E-state index in [1.54, 1.807) is 0 Å². The van der Waals surface area contributed by atoms with Crippen LogP contribution in [-0.2, 0) is 6.54 Å². The third-order valence-corrected chi connectivity index (χ3v) is 4.15. The summed E-state index contributed by atoms with van der Waals surface area (Å²) in [6, 6.07) is 18.9. The van der Waals surface area contributed by atoms with Crippen molar-refractivity contribution < 1.29 is 0 Å². The fraction of sp³-hybridized carbons (Fsp3) is 0.278. The van der Waals surface area contributed by atoms with E-state index in [9.17, 15) is 0 Å². The summed E-state index contributed by atoms with van der Waals surface area (Å²) in [5.41, 5.74) is 3.76. The van der Waals surface area contributed by atoms with Crippen molar-refractivity contribution in [2.75, 3.05) is 6.54 Å². The van der Waals surface area contributed by atoms with E-state index in [1.165, 1.54) is 11.1 Å². The van der Waals surface area contributed by atoms with E-state index in [4.69, 9.17) is 5.41 Å². The molecule has 102 valence electrons. The first-order valence-electron chi connectivity index (χ1n) is 7.22. The Morgan fingerprint density at radius 2 is 1.75 bits per heavy atom. The minimum absolute atomic E-state index is 0.535. The smallest absolute Gasteiger partial charge is 0.128 e. The van der Waals surface area contributed by atoms with Gasteiger partial charge in [-0.3, -0.25) is 5.41 Å². The fourth-order valence-corrected chi connectivity index (χ4v) is 2.83. The topological polar surface area (TPSA) is 27.1 Å². The molecule has 1 N–H and O–H groups in total. The molecule has 3 rings (SSSR count). The second-order valence-electron chi connectivity index (χ2n) is 5.53. The van der Waals surface area contributed by atoms with E-state index >= 15 is 0 Å².